The predicted molar refractivity (Wildman–Crippen MR) is 157 cm³/mol. The second-order valence-corrected chi connectivity index (χ2v) is 11.3. The molecule has 0 saturated carbocycles. The maximum absolute atomic E-state index is 13.8. The molecule has 4 aromatic rings. The van der Waals surface area contributed by atoms with Crippen molar-refractivity contribution in [3.63, 3.8) is 0 Å². The third-order valence-corrected chi connectivity index (χ3v) is 6.76. The third kappa shape index (κ3) is 6.54. The Morgan fingerprint density at radius 2 is 1.87 bits per heavy atom. The first-order chi connectivity index (χ1) is 18.5. The summed E-state index contributed by atoms with van der Waals surface area (Å²) in [4.78, 5) is 30.4. The molecule has 4 rings (SSSR count). The quantitative estimate of drug-likeness (QED) is 0.236. The van der Waals surface area contributed by atoms with Crippen LogP contribution in [0.15, 0.2) is 73.4 Å². The fourth-order valence-electron chi connectivity index (χ4n) is 3.68. The topological polar surface area (TPSA) is 94.8 Å². The highest BCUT2D eigenvalue weighted by molar-refractivity contribution is 9.10. The molecule has 39 heavy (non-hydrogen) atoms. The smallest absolute Gasteiger partial charge is 0.282 e. The number of carbonyl (C=O) groups excluding carboxylic acids is 1. The first-order valence-corrected chi connectivity index (χ1v) is 13.4. The van der Waals surface area contributed by atoms with E-state index in [2.05, 4.69) is 42.3 Å². The van der Waals surface area contributed by atoms with E-state index >= 15 is 0 Å². The van der Waals surface area contributed by atoms with Crippen LogP contribution in [0.3, 0.4) is 0 Å². The number of hydrogen-bond donors (Lipinski definition) is 1. The normalized spacial score (nSPS) is 11.7. The number of anilines is 1. The molecule has 11 heteroatoms. The summed E-state index contributed by atoms with van der Waals surface area (Å²) in [5.41, 5.74) is 0.477. The number of halogens is 3. The van der Waals surface area contributed by atoms with Crippen LogP contribution in [0.1, 0.15) is 32.2 Å². The van der Waals surface area contributed by atoms with Crippen LogP contribution in [-0.2, 0) is 10.2 Å². The highest BCUT2D eigenvalue weighted by Gasteiger charge is 2.23. The molecule has 3 aromatic carbocycles. The number of nitrogens with one attached hydrogen (secondary N) is 1. The second-order valence-electron chi connectivity index (χ2n) is 9.55. The highest BCUT2D eigenvalue weighted by Crippen LogP contribution is 2.33. The van der Waals surface area contributed by atoms with Crippen molar-refractivity contribution in [1.82, 2.24) is 9.66 Å². The molecule has 0 unspecified atom stereocenters. The molecular formula is C28H25Br2FN4O4. The molecule has 1 heterocycles. The number of aromatic nitrogens is 2. The van der Waals surface area contributed by atoms with E-state index in [1.807, 2.05) is 26.8 Å². The molecule has 0 spiro atoms. The number of amides is 1. The molecule has 0 aliphatic heterocycles. The summed E-state index contributed by atoms with van der Waals surface area (Å²) in [5, 5.41) is 7.39. The van der Waals surface area contributed by atoms with Gasteiger partial charge in [0.2, 0.25) is 0 Å². The Morgan fingerprint density at radius 3 is 2.56 bits per heavy atom. The number of ether oxygens (including phenoxy) is 2. The van der Waals surface area contributed by atoms with E-state index in [-0.39, 0.29) is 23.6 Å². The lowest BCUT2D eigenvalue weighted by atomic mass is 9.95. The molecule has 0 bridgehead atoms. The average Bonchev–Trinajstić information content (AvgIpc) is 2.88. The minimum Gasteiger partial charge on any atom is -0.493 e. The first-order valence-electron chi connectivity index (χ1n) is 11.8. The number of carbonyl (C=O) groups is 1. The monoisotopic (exact) mass is 658 g/mol. The van der Waals surface area contributed by atoms with Crippen molar-refractivity contribution in [1.29, 1.82) is 0 Å². The zero-order valence-electron chi connectivity index (χ0n) is 21.6. The van der Waals surface area contributed by atoms with Gasteiger partial charge in [-0.05, 0) is 58.4 Å². The van der Waals surface area contributed by atoms with Gasteiger partial charge in [-0.15, -0.1) is 0 Å². The first kappa shape index (κ1) is 28.4. The zero-order valence-corrected chi connectivity index (χ0v) is 24.8. The minimum absolute atomic E-state index is 0.0613. The summed E-state index contributed by atoms with van der Waals surface area (Å²) in [6.07, 6.45) is 1.52. The Hall–Kier alpha value is -3.57. The molecule has 1 N–H and O–H groups in total. The van der Waals surface area contributed by atoms with Crippen LogP contribution in [0.25, 0.3) is 10.9 Å². The molecule has 1 aromatic heterocycles. The lowest BCUT2D eigenvalue weighted by Crippen LogP contribution is -2.29. The molecule has 8 nitrogen and oxygen atoms in total. The van der Waals surface area contributed by atoms with Crippen LogP contribution in [0.4, 0.5) is 10.1 Å². The number of methoxy groups -OCH3 is 1. The van der Waals surface area contributed by atoms with Crippen LogP contribution < -0.4 is 20.3 Å². The lowest BCUT2D eigenvalue weighted by molar-refractivity contribution is -0.118. The number of para-hydroxylation sites is 1. The molecule has 1 amide bonds. The third-order valence-electron chi connectivity index (χ3n) is 5.58. The van der Waals surface area contributed by atoms with Gasteiger partial charge >= 0.3 is 0 Å². The standard InChI is InChI=1S/C28H25Br2FN4O4/c1-28(2,3)27-34-21-10-9-17(29)12-18(21)26(37)35(27)32-14-16-11-23(38-4)24(13-19(16)30)39-15-25(36)33-22-8-6-5-7-20(22)31/h5-14H,15H2,1-4H3,(H,33,36). The van der Waals surface area contributed by atoms with Crippen LogP contribution in [0.5, 0.6) is 11.5 Å². The van der Waals surface area contributed by atoms with E-state index in [9.17, 15) is 14.0 Å². The van der Waals surface area contributed by atoms with Gasteiger partial charge < -0.3 is 14.8 Å². The van der Waals surface area contributed by atoms with Gasteiger partial charge in [0.05, 0.1) is 29.9 Å². The van der Waals surface area contributed by atoms with Crippen molar-refractivity contribution in [2.75, 3.05) is 19.0 Å². The van der Waals surface area contributed by atoms with Gasteiger partial charge in [-0.2, -0.15) is 9.78 Å². The number of benzene rings is 3. The maximum atomic E-state index is 13.8. The fourth-order valence-corrected chi connectivity index (χ4v) is 4.46. The van der Waals surface area contributed by atoms with Gasteiger partial charge in [-0.25, -0.2) is 9.37 Å². The molecule has 202 valence electrons. The van der Waals surface area contributed by atoms with Crippen molar-refractivity contribution < 1.29 is 18.7 Å². The van der Waals surface area contributed by atoms with E-state index < -0.39 is 17.1 Å². The Labute approximate surface area is 241 Å². The summed E-state index contributed by atoms with van der Waals surface area (Å²) in [7, 11) is 1.46. The van der Waals surface area contributed by atoms with Gasteiger partial charge in [-0.1, -0.05) is 48.8 Å². The van der Waals surface area contributed by atoms with E-state index in [1.54, 1.807) is 30.3 Å². The summed E-state index contributed by atoms with van der Waals surface area (Å²) in [6.45, 7) is 5.50. The van der Waals surface area contributed by atoms with Crippen molar-refractivity contribution in [3.05, 3.63) is 91.1 Å². The van der Waals surface area contributed by atoms with Crippen LogP contribution >= 0.6 is 31.9 Å². The van der Waals surface area contributed by atoms with Crippen LogP contribution in [0.2, 0.25) is 0 Å². The Bertz CT molecular complexity index is 1650. The van der Waals surface area contributed by atoms with Crippen molar-refractivity contribution in [2.24, 2.45) is 5.10 Å². The highest BCUT2D eigenvalue weighted by atomic mass is 79.9. The zero-order chi connectivity index (χ0) is 28.3. The van der Waals surface area contributed by atoms with E-state index in [4.69, 9.17) is 14.5 Å². The Kier molecular flexibility index (Phi) is 8.51. The van der Waals surface area contributed by atoms with Crippen molar-refractivity contribution in [3.8, 4) is 11.5 Å². The van der Waals surface area contributed by atoms with Gasteiger partial charge in [0.15, 0.2) is 18.1 Å². The van der Waals surface area contributed by atoms with E-state index in [0.29, 0.717) is 32.5 Å². The molecule has 0 aliphatic carbocycles. The van der Waals surface area contributed by atoms with Crippen molar-refractivity contribution >= 4 is 60.6 Å². The molecular weight excluding hydrogens is 635 g/mol. The fraction of sp³-hybridized carbons (Fsp3) is 0.214. The average molecular weight is 660 g/mol. The molecule has 0 aliphatic rings. The molecule has 0 radical (unpaired) electrons. The largest absolute Gasteiger partial charge is 0.493 e. The second kappa shape index (κ2) is 11.7. The Morgan fingerprint density at radius 1 is 1.13 bits per heavy atom. The number of rotatable bonds is 7. The van der Waals surface area contributed by atoms with Gasteiger partial charge in [0.25, 0.3) is 11.5 Å². The van der Waals surface area contributed by atoms with Gasteiger partial charge in [0, 0.05) is 19.9 Å². The van der Waals surface area contributed by atoms with Crippen LogP contribution in [-0.4, -0.2) is 35.5 Å². The van der Waals surface area contributed by atoms with Crippen LogP contribution in [0, 0.1) is 5.82 Å². The predicted octanol–water partition coefficient (Wildman–Crippen LogP) is 6.27. The van der Waals surface area contributed by atoms with Crippen molar-refractivity contribution in [2.45, 2.75) is 26.2 Å². The summed E-state index contributed by atoms with van der Waals surface area (Å²) < 4.78 is 27.5. The number of hydrogen-bond acceptors (Lipinski definition) is 6. The molecule has 0 saturated heterocycles. The van der Waals surface area contributed by atoms with Gasteiger partial charge in [0.1, 0.15) is 11.6 Å². The SMILES string of the molecule is COc1cc(C=Nn2c(C(C)(C)C)nc3ccc(Br)cc3c2=O)c(Br)cc1OCC(=O)Nc1ccccc1F. The van der Waals surface area contributed by atoms with Gasteiger partial charge in [-0.3, -0.25) is 9.59 Å². The van der Waals surface area contributed by atoms with E-state index in [1.165, 1.54) is 36.2 Å². The summed E-state index contributed by atoms with van der Waals surface area (Å²) in [6, 6.07) is 14.5. The van der Waals surface area contributed by atoms with E-state index in [0.717, 1.165) is 4.47 Å². The number of fused-ring (bicyclic) bond motifs is 1. The number of nitrogens with zero attached hydrogens (tertiary/aromatic N) is 3. The molecule has 0 fully saturated rings. The minimum atomic E-state index is -0.544. The Balaban J connectivity index is 1.62. The maximum Gasteiger partial charge on any atom is 0.282 e. The summed E-state index contributed by atoms with van der Waals surface area (Å²) in [5.74, 6) is 0.0472. The summed E-state index contributed by atoms with van der Waals surface area (Å²) >= 11 is 6.90. The molecule has 0 atom stereocenters. The lowest BCUT2D eigenvalue weighted by Gasteiger charge is -2.21.